The molecular weight excluding hydrogens is 314 g/mol. The highest BCUT2D eigenvalue weighted by Gasteiger charge is 2.34. The smallest absolute Gasteiger partial charge is 0.324 e. The number of rotatable bonds is 2. The van der Waals surface area contributed by atoms with E-state index in [1.807, 2.05) is 29.6 Å². The Bertz CT molecular complexity index is 555. The van der Waals surface area contributed by atoms with Gasteiger partial charge in [0, 0.05) is 22.6 Å². The van der Waals surface area contributed by atoms with Crippen molar-refractivity contribution < 1.29 is 4.79 Å². The number of nitrogens with one attached hydrogen (secondary N) is 1. The Balaban J connectivity index is 1.96. The van der Waals surface area contributed by atoms with Crippen molar-refractivity contribution in [2.45, 2.75) is 6.04 Å². The van der Waals surface area contributed by atoms with E-state index < -0.39 is 0 Å². The molecule has 0 aliphatic carbocycles. The summed E-state index contributed by atoms with van der Waals surface area (Å²) >= 11 is 4.88. The van der Waals surface area contributed by atoms with E-state index in [2.05, 4.69) is 26.2 Å². The lowest BCUT2D eigenvalue weighted by atomic mass is 10.1. The summed E-state index contributed by atoms with van der Waals surface area (Å²) in [5.74, 6) is 0. The number of aromatic nitrogens is 1. The maximum absolute atomic E-state index is 11.9. The minimum atomic E-state index is -0.0853. The first-order valence-electron chi connectivity index (χ1n) is 5.48. The highest BCUT2D eigenvalue weighted by Crippen LogP contribution is 2.32. The number of urea groups is 1. The van der Waals surface area contributed by atoms with Gasteiger partial charge in [-0.2, -0.15) is 0 Å². The van der Waals surface area contributed by atoms with E-state index in [-0.39, 0.29) is 12.1 Å². The Morgan fingerprint density at radius 2 is 2.17 bits per heavy atom. The van der Waals surface area contributed by atoms with Gasteiger partial charge in [-0.3, -0.25) is 4.90 Å². The van der Waals surface area contributed by atoms with Gasteiger partial charge in [-0.25, -0.2) is 9.78 Å². The Kier molecular flexibility index (Phi) is 3.05. The molecule has 1 aliphatic rings. The van der Waals surface area contributed by atoms with Gasteiger partial charge < -0.3 is 5.32 Å². The minimum absolute atomic E-state index is 0.0109. The molecule has 2 heterocycles. The number of hydrogen-bond acceptors (Lipinski definition) is 3. The van der Waals surface area contributed by atoms with Crippen LogP contribution in [0.5, 0.6) is 0 Å². The van der Waals surface area contributed by atoms with Crippen molar-refractivity contribution in [1.82, 2.24) is 10.3 Å². The van der Waals surface area contributed by atoms with Crippen LogP contribution in [0.2, 0.25) is 0 Å². The highest BCUT2D eigenvalue weighted by molar-refractivity contribution is 9.10. The van der Waals surface area contributed by atoms with Gasteiger partial charge >= 0.3 is 6.03 Å². The van der Waals surface area contributed by atoms with Crippen LogP contribution in [-0.2, 0) is 0 Å². The number of carbonyl (C=O) groups is 1. The first-order chi connectivity index (χ1) is 8.75. The molecule has 0 saturated carbocycles. The summed E-state index contributed by atoms with van der Waals surface area (Å²) in [6, 6.07) is 7.94. The van der Waals surface area contributed by atoms with Crippen molar-refractivity contribution in [2.75, 3.05) is 11.4 Å². The number of hydrogen-bond donors (Lipinski definition) is 1. The molecule has 0 bridgehead atoms. The average Bonchev–Trinajstić information content (AvgIpc) is 2.99. The Hall–Kier alpha value is -1.40. The second-order valence-electron chi connectivity index (χ2n) is 3.94. The summed E-state index contributed by atoms with van der Waals surface area (Å²) in [6.07, 6.45) is 1.71. The molecule has 1 unspecified atom stereocenters. The largest absolute Gasteiger partial charge is 0.335 e. The predicted octanol–water partition coefficient (Wildman–Crippen LogP) is 3.18. The summed E-state index contributed by atoms with van der Waals surface area (Å²) in [5, 5.41) is 5.47. The number of benzene rings is 1. The van der Waals surface area contributed by atoms with Gasteiger partial charge in [0.15, 0.2) is 5.13 Å². The normalized spacial score (nSPS) is 19.1. The summed E-state index contributed by atoms with van der Waals surface area (Å²) in [4.78, 5) is 17.8. The molecule has 1 N–H and O–H groups in total. The molecule has 1 saturated heterocycles. The van der Waals surface area contributed by atoms with Crippen molar-refractivity contribution >= 4 is 38.4 Å². The van der Waals surface area contributed by atoms with Crippen LogP contribution in [0.1, 0.15) is 11.6 Å². The number of anilines is 1. The number of carbonyl (C=O) groups excluding carboxylic acids is 1. The van der Waals surface area contributed by atoms with E-state index in [4.69, 9.17) is 0 Å². The zero-order valence-corrected chi connectivity index (χ0v) is 11.7. The first kappa shape index (κ1) is 11.7. The molecule has 4 nitrogen and oxygen atoms in total. The molecule has 2 aromatic rings. The zero-order valence-electron chi connectivity index (χ0n) is 9.34. The zero-order chi connectivity index (χ0) is 12.5. The minimum Gasteiger partial charge on any atom is -0.335 e. The number of amides is 2. The molecule has 1 aromatic carbocycles. The second kappa shape index (κ2) is 4.70. The fraction of sp³-hybridized carbons (Fsp3) is 0.167. The monoisotopic (exact) mass is 323 g/mol. The summed E-state index contributed by atoms with van der Waals surface area (Å²) < 4.78 is 1.03. The molecule has 92 valence electrons. The molecule has 3 rings (SSSR count). The van der Waals surface area contributed by atoms with Crippen LogP contribution in [0.4, 0.5) is 9.93 Å². The molecule has 18 heavy (non-hydrogen) atoms. The van der Waals surface area contributed by atoms with E-state index in [0.717, 1.165) is 15.2 Å². The van der Waals surface area contributed by atoms with Crippen molar-refractivity contribution in [1.29, 1.82) is 0 Å². The second-order valence-corrected chi connectivity index (χ2v) is 5.73. The quantitative estimate of drug-likeness (QED) is 0.922. The van der Waals surface area contributed by atoms with Crippen LogP contribution < -0.4 is 10.2 Å². The molecule has 1 fully saturated rings. The van der Waals surface area contributed by atoms with Crippen molar-refractivity contribution in [2.24, 2.45) is 0 Å². The van der Waals surface area contributed by atoms with Gasteiger partial charge in [0.2, 0.25) is 0 Å². The standard InChI is InChI=1S/C12H10BrN3OS/c13-9-3-1-8(2-4-9)10-7-15-11(17)16(10)12-14-5-6-18-12/h1-6,10H,7H2,(H,15,17). The molecule has 0 spiro atoms. The van der Waals surface area contributed by atoms with Crippen LogP contribution in [0.25, 0.3) is 0 Å². The first-order valence-corrected chi connectivity index (χ1v) is 7.15. The van der Waals surface area contributed by atoms with Gasteiger partial charge in [0.25, 0.3) is 0 Å². The fourth-order valence-corrected chi connectivity index (χ4v) is 2.96. The van der Waals surface area contributed by atoms with E-state index in [1.165, 1.54) is 11.3 Å². The predicted molar refractivity (Wildman–Crippen MR) is 74.9 cm³/mol. The average molecular weight is 324 g/mol. The van der Waals surface area contributed by atoms with Gasteiger partial charge in [0.1, 0.15) is 0 Å². The van der Waals surface area contributed by atoms with Gasteiger partial charge in [-0.15, -0.1) is 11.3 Å². The van der Waals surface area contributed by atoms with Crippen molar-refractivity contribution in [3.63, 3.8) is 0 Å². The Morgan fingerprint density at radius 3 is 2.83 bits per heavy atom. The maximum Gasteiger partial charge on any atom is 0.324 e. The molecule has 1 atom stereocenters. The van der Waals surface area contributed by atoms with Crippen LogP contribution >= 0.6 is 27.3 Å². The lowest BCUT2D eigenvalue weighted by Gasteiger charge is -2.20. The molecule has 2 amide bonds. The SMILES string of the molecule is O=C1NCC(c2ccc(Br)cc2)N1c1nccs1. The van der Waals surface area contributed by atoms with Crippen LogP contribution in [0.15, 0.2) is 40.3 Å². The van der Waals surface area contributed by atoms with Crippen LogP contribution in [0.3, 0.4) is 0 Å². The molecule has 1 aliphatic heterocycles. The third-order valence-electron chi connectivity index (χ3n) is 2.86. The topological polar surface area (TPSA) is 45.2 Å². The summed E-state index contributed by atoms with van der Waals surface area (Å²) in [5.41, 5.74) is 1.10. The van der Waals surface area contributed by atoms with Crippen LogP contribution in [0, 0.1) is 0 Å². The third-order valence-corrected chi connectivity index (χ3v) is 4.16. The lowest BCUT2D eigenvalue weighted by Crippen LogP contribution is -2.29. The third kappa shape index (κ3) is 2.02. The molecule has 1 aromatic heterocycles. The van der Waals surface area contributed by atoms with Crippen molar-refractivity contribution in [3.8, 4) is 0 Å². The van der Waals surface area contributed by atoms with E-state index >= 15 is 0 Å². The van der Waals surface area contributed by atoms with E-state index in [1.54, 1.807) is 11.1 Å². The highest BCUT2D eigenvalue weighted by atomic mass is 79.9. The molecule has 6 heteroatoms. The molecule has 0 radical (unpaired) electrons. The van der Waals surface area contributed by atoms with E-state index in [9.17, 15) is 4.79 Å². The summed E-state index contributed by atoms with van der Waals surface area (Å²) in [6.45, 7) is 0.611. The summed E-state index contributed by atoms with van der Waals surface area (Å²) in [7, 11) is 0. The van der Waals surface area contributed by atoms with Crippen LogP contribution in [-0.4, -0.2) is 17.6 Å². The van der Waals surface area contributed by atoms with Crippen molar-refractivity contribution in [3.05, 3.63) is 45.9 Å². The van der Waals surface area contributed by atoms with Gasteiger partial charge in [-0.05, 0) is 17.7 Å². The number of thiazole rings is 1. The Morgan fingerprint density at radius 1 is 1.39 bits per heavy atom. The van der Waals surface area contributed by atoms with Gasteiger partial charge in [-0.1, -0.05) is 28.1 Å². The Labute approximate surface area is 117 Å². The van der Waals surface area contributed by atoms with E-state index in [0.29, 0.717) is 6.54 Å². The maximum atomic E-state index is 11.9. The lowest BCUT2D eigenvalue weighted by molar-refractivity contribution is 0.251. The number of halogens is 1. The van der Waals surface area contributed by atoms with Gasteiger partial charge in [0.05, 0.1) is 6.04 Å². The number of nitrogens with zero attached hydrogens (tertiary/aromatic N) is 2. The fourth-order valence-electron chi connectivity index (χ4n) is 2.01. The molecular formula is C12H10BrN3OS.